The van der Waals surface area contributed by atoms with Crippen molar-refractivity contribution < 1.29 is 14.4 Å². The van der Waals surface area contributed by atoms with E-state index in [9.17, 15) is 14.4 Å². The van der Waals surface area contributed by atoms with E-state index in [4.69, 9.17) is 0 Å². The minimum atomic E-state index is -0.368. The molecule has 8 nitrogen and oxygen atoms in total. The highest BCUT2D eigenvalue weighted by Crippen LogP contribution is 2.27. The fourth-order valence-corrected chi connectivity index (χ4v) is 4.86. The lowest BCUT2D eigenvalue weighted by Crippen LogP contribution is -2.47. The van der Waals surface area contributed by atoms with Crippen LogP contribution in [0.15, 0.2) is 53.7 Å². The molecule has 33 heavy (non-hydrogen) atoms. The summed E-state index contributed by atoms with van der Waals surface area (Å²) < 4.78 is 2.00. The van der Waals surface area contributed by atoms with Crippen LogP contribution in [-0.2, 0) is 16.1 Å². The van der Waals surface area contributed by atoms with E-state index in [0.29, 0.717) is 4.91 Å². The molecule has 2 aliphatic heterocycles. The molecule has 2 fully saturated rings. The first-order valence-electron chi connectivity index (χ1n) is 10.8. The molecule has 0 aliphatic carbocycles. The number of amides is 3. The van der Waals surface area contributed by atoms with E-state index in [-0.39, 0.29) is 17.1 Å². The Hall–Kier alpha value is -3.43. The average molecular weight is 462 g/mol. The van der Waals surface area contributed by atoms with Gasteiger partial charge in [-0.05, 0) is 47.2 Å². The zero-order valence-corrected chi connectivity index (χ0v) is 19.0. The number of piperazine rings is 1. The van der Waals surface area contributed by atoms with Gasteiger partial charge in [0.25, 0.3) is 11.1 Å². The third kappa shape index (κ3) is 4.55. The molecule has 0 radical (unpaired) electrons. The summed E-state index contributed by atoms with van der Waals surface area (Å²) in [4.78, 5) is 44.0. The fraction of sp³-hybridized carbons (Fsp3) is 0.250. The Morgan fingerprint density at radius 2 is 1.97 bits per heavy atom. The summed E-state index contributed by atoms with van der Waals surface area (Å²) in [6, 6.07) is 12.2. The lowest BCUT2D eigenvalue weighted by molar-refractivity contribution is -0.130. The normalized spacial score (nSPS) is 18.3. The van der Waals surface area contributed by atoms with Crippen LogP contribution in [0.5, 0.6) is 0 Å². The first kappa shape index (κ1) is 21.4. The highest BCUT2D eigenvalue weighted by Gasteiger charge is 2.25. The number of pyridine rings is 1. The smallest absolute Gasteiger partial charge is 0.290 e. The standard InChI is InChI=1S/C24H23N5O3S/c1-16(30)28-9-7-27(8-10-28)14-17-3-2-4-19(11-17)20-13-25-22-6-5-18(15-29(20)22)12-21-23(31)26-24(32)33-21/h2-6,11-13,15H,7-10,14H2,1H3,(H,26,31,32)/b21-12-. The first-order chi connectivity index (χ1) is 16.0. The Kier molecular flexibility index (Phi) is 5.74. The molecule has 0 spiro atoms. The monoisotopic (exact) mass is 461 g/mol. The molecule has 2 saturated heterocycles. The van der Waals surface area contributed by atoms with E-state index in [1.807, 2.05) is 39.9 Å². The average Bonchev–Trinajstić information content (AvgIpc) is 3.36. The summed E-state index contributed by atoms with van der Waals surface area (Å²) in [5.74, 6) is -0.231. The quantitative estimate of drug-likeness (QED) is 0.601. The van der Waals surface area contributed by atoms with Crippen molar-refractivity contribution in [1.29, 1.82) is 0 Å². The van der Waals surface area contributed by atoms with Gasteiger partial charge in [-0.2, -0.15) is 0 Å². The molecule has 0 saturated carbocycles. The Bertz CT molecular complexity index is 1290. The maximum Gasteiger partial charge on any atom is 0.290 e. The van der Waals surface area contributed by atoms with Gasteiger partial charge in [0.2, 0.25) is 5.91 Å². The van der Waals surface area contributed by atoms with Crippen molar-refractivity contribution in [2.24, 2.45) is 0 Å². The maximum atomic E-state index is 11.9. The van der Waals surface area contributed by atoms with Gasteiger partial charge in [0.05, 0.1) is 16.8 Å². The number of nitrogens with zero attached hydrogens (tertiary/aromatic N) is 4. The predicted octanol–water partition coefficient (Wildman–Crippen LogP) is 2.99. The van der Waals surface area contributed by atoms with Gasteiger partial charge in [-0.3, -0.25) is 29.0 Å². The highest BCUT2D eigenvalue weighted by atomic mass is 32.2. The molecule has 3 amide bonds. The lowest BCUT2D eigenvalue weighted by atomic mass is 10.1. The fourth-order valence-electron chi connectivity index (χ4n) is 4.18. The van der Waals surface area contributed by atoms with Crippen LogP contribution in [0.4, 0.5) is 4.79 Å². The second-order valence-corrected chi connectivity index (χ2v) is 9.18. The second-order valence-electron chi connectivity index (χ2n) is 8.17. The molecule has 0 atom stereocenters. The molecule has 1 N–H and O–H groups in total. The second kappa shape index (κ2) is 8.84. The Labute approximate surface area is 195 Å². The number of fused-ring (bicyclic) bond motifs is 1. The number of carbonyl (C=O) groups is 3. The van der Waals surface area contributed by atoms with Crippen LogP contribution in [0, 0.1) is 0 Å². The number of nitrogens with one attached hydrogen (secondary N) is 1. The summed E-state index contributed by atoms with van der Waals surface area (Å²) in [6.07, 6.45) is 5.48. The van der Waals surface area contributed by atoms with Gasteiger partial charge in [-0.15, -0.1) is 0 Å². The largest absolute Gasteiger partial charge is 0.340 e. The van der Waals surface area contributed by atoms with E-state index in [1.165, 1.54) is 5.56 Å². The molecular formula is C24H23N5O3S. The van der Waals surface area contributed by atoms with Crippen LogP contribution in [-0.4, -0.2) is 62.4 Å². The molecule has 1 aromatic carbocycles. The first-order valence-corrected chi connectivity index (χ1v) is 11.6. The van der Waals surface area contributed by atoms with Crippen LogP contribution < -0.4 is 5.32 Å². The molecular weight excluding hydrogens is 438 g/mol. The minimum Gasteiger partial charge on any atom is -0.340 e. The number of imidazole rings is 1. The Morgan fingerprint density at radius 3 is 2.70 bits per heavy atom. The van der Waals surface area contributed by atoms with Gasteiger partial charge in [0.1, 0.15) is 5.65 Å². The third-order valence-corrected chi connectivity index (χ3v) is 6.73. The number of hydrogen-bond acceptors (Lipinski definition) is 6. The van der Waals surface area contributed by atoms with Crippen LogP contribution in [0.2, 0.25) is 0 Å². The summed E-state index contributed by atoms with van der Waals surface area (Å²) in [5, 5.41) is 1.93. The minimum absolute atomic E-state index is 0.137. The predicted molar refractivity (Wildman–Crippen MR) is 127 cm³/mol. The van der Waals surface area contributed by atoms with Crippen molar-refractivity contribution >= 4 is 40.5 Å². The summed E-state index contributed by atoms with van der Waals surface area (Å²) in [6.45, 7) is 5.72. The van der Waals surface area contributed by atoms with Gasteiger partial charge in [-0.25, -0.2) is 4.98 Å². The van der Waals surface area contributed by atoms with Gasteiger partial charge in [0, 0.05) is 51.4 Å². The summed E-state index contributed by atoms with van der Waals surface area (Å²) >= 11 is 0.907. The molecule has 4 heterocycles. The van der Waals surface area contributed by atoms with E-state index < -0.39 is 0 Å². The zero-order valence-electron chi connectivity index (χ0n) is 18.2. The Balaban J connectivity index is 1.38. The van der Waals surface area contributed by atoms with Crippen molar-refractivity contribution in [3.63, 3.8) is 0 Å². The molecule has 2 aliphatic rings. The number of hydrogen-bond donors (Lipinski definition) is 1. The van der Waals surface area contributed by atoms with Crippen LogP contribution in [0.1, 0.15) is 18.1 Å². The van der Waals surface area contributed by atoms with Gasteiger partial charge in [-0.1, -0.05) is 18.2 Å². The molecule has 9 heteroatoms. The molecule has 2 aromatic heterocycles. The van der Waals surface area contributed by atoms with Crippen LogP contribution in [0.3, 0.4) is 0 Å². The van der Waals surface area contributed by atoms with E-state index in [2.05, 4.69) is 33.4 Å². The Morgan fingerprint density at radius 1 is 1.15 bits per heavy atom. The highest BCUT2D eigenvalue weighted by molar-refractivity contribution is 8.18. The topological polar surface area (TPSA) is 87.0 Å². The number of imide groups is 1. The van der Waals surface area contributed by atoms with Gasteiger partial charge >= 0.3 is 0 Å². The lowest BCUT2D eigenvalue weighted by Gasteiger charge is -2.34. The molecule has 3 aromatic rings. The molecule has 5 rings (SSSR count). The van der Waals surface area contributed by atoms with Crippen molar-refractivity contribution in [2.45, 2.75) is 13.5 Å². The summed E-state index contributed by atoms with van der Waals surface area (Å²) in [5.41, 5.74) is 4.82. The number of rotatable bonds is 4. The molecule has 168 valence electrons. The van der Waals surface area contributed by atoms with Gasteiger partial charge in [0.15, 0.2) is 0 Å². The zero-order chi connectivity index (χ0) is 22.9. The van der Waals surface area contributed by atoms with Crippen molar-refractivity contribution in [3.8, 4) is 11.3 Å². The van der Waals surface area contributed by atoms with Crippen LogP contribution in [0.25, 0.3) is 23.0 Å². The number of benzene rings is 1. The molecule has 0 bridgehead atoms. The van der Waals surface area contributed by atoms with Crippen molar-refractivity contribution in [3.05, 3.63) is 64.8 Å². The third-order valence-electron chi connectivity index (χ3n) is 5.91. The number of thioether (sulfide) groups is 1. The van der Waals surface area contributed by atoms with E-state index in [0.717, 1.165) is 67.0 Å². The summed E-state index contributed by atoms with van der Waals surface area (Å²) in [7, 11) is 0. The van der Waals surface area contributed by atoms with Crippen molar-refractivity contribution in [1.82, 2.24) is 24.5 Å². The van der Waals surface area contributed by atoms with Crippen molar-refractivity contribution in [2.75, 3.05) is 26.2 Å². The van der Waals surface area contributed by atoms with E-state index in [1.54, 1.807) is 13.0 Å². The van der Waals surface area contributed by atoms with E-state index >= 15 is 0 Å². The maximum absolute atomic E-state index is 11.9. The van der Waals surface area contributed by atoms with Gasteiger partial charge < -0.3 is 4.90 Å². The van der Waals surface area contributed by atoms with Crippen LogP contribution >= 0.6 is 11.8 Å². The SMILES string of the molecule is CC(=O)N1CCN(Cc2cccc(-c3cnc4ccc(/C=C5\SC(=O)NC5=O)cn34)c2)CC1. The molecule has 0 unspecified atom stereocenters. The number of aromatic nitrogens is 2. The number of carbonyl (C=O) groups excluding carboxylic acids is 3.